The van der Waals surface area contributed by atoms with E-state index < -0.39 is 0 Å². The van der Waals surface area contributed by atoms with E-state index in [9.17, 15) is 0 Å². The smallest absolute Gasteiger partial charge is 0.170 e. The van der Waals surface area contributed by atoms with Crippen LogP contribution in [0.25, 0.3) is 0 Å². The van der Waals surface area contributed by atoms with E-state index in [2.05, 4.69) is 5.10 Å². The van der Waals surface area contributed by atoms with Gasteiger partial charge < -0.3 is 11.6 Å². The summed E-state index contributed by atoms with van der Waals surface area (Å²) in [6.45, 7) is 1.17. The molecule has 1 aromatic rings. The number of fused-ring (bicyclic) bond motifs is 1. The molecule has 5 heteroatoms. The Morgan fingerprint density at radius 1 is 1.43 bits per heavy atom. The van der Waals surface area contributed by atoms with Gasteiger partial charge in [0, 0.05) is 12.1 Å². The van der Waals surface area contributed by atoms with Crippen LogP contribution in [0.5, 0.6) is 0 Å². The molecule has 0 unspecified atom stereocenters. The lowest BCUT2D eigenvalue weighted by Crippen LogP contribution is -2.32. The van der Waals surface area contributed by atoms with Crippen LogP contribution in [-0.2, 0) is 13.1 Å². The summed E-state index contributed by atoms with van der Waals surface area (Å²) >= 11 is 0. The maximum atomic E-state index is 5.72. The molecule has 1 aliphatic rings. The highest BCUT2D eigenvalue weighted by Gasteiger charge is 2.22. The number of hydrogen-bond acceptors (Lipinski definition) is 4. The molecule has 1 aliphatic heterocycles. The fourth-order valence-electron chi connectivity index (χ4n) is 1.68. The van der Waals surface area contributed by atoms with Gasteiger partial charge in [-0.1, -0.05) is 18.2 Å². The predicted molar refractivity (Wildman–Crippen MR) is 54.8 cm³/mol. The maximum absolute atomic E-state index is 5.72. The van der Waals surface area contributed by atoms with Gasteiger partial charge in [0.2, 0.25) is 0 Å². The molecular formula is C9H13N5. The second kappa shape index (κ2) is 3.28. The van der Waals surface area contributed by atoms with Gasteiger partial charge in [-0.3, -0.25) is 5.01 Å². The van der Waals surface area contributed by atoms with Crippen molar-refractivity contribution in [1.29, 1.82) is 0 Å². The second-order valence-electron chi connectivity index (χ2n) is 3.28. The summed E-state index contributed by atoms with van der Waals surface area (Å²) in [5.74, 6) is 11.6. The first-order valence-electron chi connectivity index (χ1n) is 4.38. The molecule has 0 amide bonds. The zero-order chi connectivity index (χ0) is 10.1. The summed E-state index contributed by atoms with van der Waals surface area (Å²) in [6.07, 6.45) is 0. The van der Waals surface area contributed by atoms with Crippen molar-refractivity contribution < 1.29 is 0 Å². The normalized spacial score (nSPS) is 17.6. The van der Waals surface area contributed by atoms with Crippen molar-refractivity contribution in [3.05, 3.63) is 34.9 Å². The van der Waals surface area contributed by atoms with E-state index in [1.807, 2.05) is 18.2 Å². The van der Waals surface area contributed by atoms with Gasteiger partial charge in [-0.25, -0.2) is 5.84 Å². The molecule has 0 spiro atoms. The van der Waals surface area contributed by atoms with Gasteiger partial charge in [0.25, 0.3) is 0 Å². The first kappa shape index (κ1) is 8.98. The zero-order valence-electron chi connectivity index (χ0n) is 7.77. The van der Waals surface area contributed by atoms with Gasteiger partial charge in [-0.05, 0) is 11.1 Å². The van der Waals surface area contributed by atoms with Gasteiger partial charge in [-0.2, -0.15) is 5.10 Å². The van der Waals surface area contributed by atoms with Crippen LogP contribution in [0.15, 0.2) is 23.3 Å². The Morgan fingerprint density at radius 3 is 2.86 bits per heavy atom. The molecule has 0 aromatic heterocycles. The fraction of sp³-hybridized carbons (Fsp3) is 0.222. The Labute approximate surface area is 82.1 Å². The van der Waals surface area contributed by atoms with Crippen LogP contribution in [0.1, 0.15) is 16.7 Å². The quantitative estimate of drug-likeness (QED) is 0.410. The molecule has 0 saturated carbocycles. The average Bonchev–Trinajstić information content (AvgIpc) is 2.51. The summed E-state index contributed by atoms with van der Waals surface area (Å²) in [4.78, 5) is 0. The van der Waals surface area contributed by atoms with Crippen molar-refractivity contribution in [1.82, 2.24) is 5.01 Å². The van der Waals surface area contributed by atoms with Crippen LogP contribution in [0.2, 0.25) is 0 Å². The molecule has 0 aliphatic carbocycles. The molecule has 1 aromatic carbocycles. The van der Waals surface area contributed by atoms with Crippen LogP contribution in [0.4, 0.5) is 0 Å². The third-order valence-electron chi connectivity index (χ3n) is 2.38. The summed E-state index contributed by atoms with van der Waals surface area (Å²) in [7, 11) is 0. The van der Waals surface area contributed by atoms with Crippen LogP contribution in [0.3, 0.4) is 0 Å². The first-order valence-corrected chi connectivity index (χ1v) is 4.38. The molecule has 2 rings (SSSR count). The highest BCUT2D eigenvalue weighted by Crippen LogP contribution is 2.21. The summed E-state index contributed by atoms with van der Waals surface area (Å²) in [5.41, 5.74) is 8.76. The lowest BCUT2D eigenvalue weighted by atomic mass is 10.1. The Bertz CT molecular complexity index is 385. The van der Waals surface area contributed by atoms with Gasteiger partial charge >= 0.3 is 0 Å². The third kappa shape index (κ3) is 1.23. The van der Waals surface area contributed by atoms with Gasteiger partial charge in [0.15, 0.2) is 5.84 Å². The van der Waals surface area contributed by atoms with E-state index in [4.69, 9.17) is 17.4 Å². The number of rotatable bonds is 1. The van der Waals surface area contributed by atoms with Crippen molar-refractivity contribution in [2.75, 3.05) is 0 Å². The van der Waals surface area contributed by atoms with E-state index in [1.54, 1.807) is 0 Å². The minimum atomic E-state index is 0.535. The molecule has 0 bridgehead atoms. The standard InChI is InChI=1S/C9H13N5/c10-4-6-1-2-8-7(3-6)5-14(12)9(8)13-11/h1-3H,4-5,10-12H2/b13-9-. The SMILES string of the molecule is NCc1ccc2c(c1)CN(N)/C2=N\N. The number of nitrogens with two attached hydrogens (primary N) is 3. The summed E-state index contributed by atoms with van der Waals surface area (Å²) < 4.78 is 0. The molecular weight excluding hydrogens is 178 g/mol. The number of hydrazone groups is 1. The molecule has 0 atom stereocenters. The van der Waals surface area contributed by atoms with Crippen molar-refractivity contribution in [2.24, 2.45) is 22.5 Å². The van der Waals surface area contributed by atoms with Crippen molar-refractivity contribution in [3.63, 3.8) is 0 Å². The van der Waals surface area contributed by atoms with E-state index in [0.717, 1.165) is 16.7 Å². The van der Waals surface area contributed by atoms with Crippen molar-refractivity contribution in [2.45, 2.75) is 13.1 Å². The van der Waals surface area contributed by atoms with Crippen molar-refractivity contribution in [3.8, 4) is 0 Å². The summed E-state index contributed by atoms with van der Waals surface area (Å²) in [5, 5.41) is 5.18. The van der Waals surface area contributed by atoms with Gasteiger partial charge in [-0.15, -0.1) is 0 Å². The Balaban J connectivity index is 2.48. The summed E-state index contributed by atoms with van der Waals surface area (Å²) in [6, 6.07) is 5.95. The number of benzene rings is 1. The minimum Gasteiger partial charge on any atom is -0.326 e. The molecule has 14 heavy (non-hydrogen) atoms. The van der Waals surface area contributed by atoms with Gasteiger partial charge in [0.05, 0.1) is 6.54 Å². The van der Waals surface area contributed by atoms with Crippen LogP contribution in [0, 0.1) is 0 Å². The molecule has 0 saturated heterocycles. The van der Waals surface area contributed by atoms with E-state index >= 15 is 0 Å². The highest BCUT2D eigenvalue weighted by molar-refractivity contribution is 6.01. The molecule has 6 N–H and O–H groups in total. The van der Waals surface area contributed by atoms with E-state index in [0.29, 0.717) is 18.9 Å². The highest BCUT2D eigenvalue weighted by atomic mass is 15.5. The zero-order valence-corrected chi connectivity index (χ0v) is 7.77. The Kier molecular flexibility index (Phi) is 2.11. The monoisotopic (exact) mass is 191 g/mol. The van der Waals surface area contributed by atoms with E-state index in [-0.39, 0.29) is 0 Å². The number of hydrogen-bond donors (Lipinski definition) is 3. The van der Waals surface area contributed by atoms with Crippen molar-refractivity contribution >= 4 is 5.84 Å². The fourth-order valence-corrected chi connectivity index (χ4v) is 1.68. The Hall–Kier alpha value is -1.59. The minimum absolute atomic E-state index is 0.535. The van der Waals surface area contributed by atoms with Crippen LogP contribution < -0.4 is 17.4 Å². The number of hydrazine groups is 1. The second-order valence-corrected chi connectivity index (χ2v) is 3.28. The lowest BCUT2D eigenvalue weighted by molar-refractivity contribution is 0.452. The average molecular weight is 191 g/mol. The molecule has 0 radical (unpaired) electrons. The predicted octanol–water partition coefficient (Wildman–Crippen LogP) is -0.545. The molecule has 5 nitrogen and oxygen atoms in total. The first-order chi connectivity index (χ1) is 6.76. The van der Waals surface area contributed by atoms with E-state index in [1.165, 1.54) is 5.01 Å². The third-order valence-corrected chi connectivity index (χ3v) is 2.38. The van der Waals surface area contributed by atoms with Gasteiger partial charge in [0.1, 0.15) is 0 Å². The Morgan fingerprint density at radius 2 is 2.21 bits per heavy atom. The molecule has 0 fully saturated rings. The maximum Gasteiger partial charge on any atom is 0.170 e. The number of amidine groups is 1. The largest absolute Gasteiger partial charge is 0.326 e. The molecule has 1 heterocycles. The van der Waals surface area contributed by atoms with Crippen LogP contribution >= 0.6 is 0 Å². The van der Waals surface area contributed by atoms with Crippen LogP contribution in [-0.4, -0.2) is 10.8 Å². The lowest BCUT2D eigenvalue weighted by Gasteiger charge is -2.08. The topological polar surface area (TPSA) is 93.7 Å². The molecule has 74 valence electrons. The number of nitrogens with zero attached hydrogens (tertiary/aromatic N) is 2.